The largest absolute Gasteiger partial charge is 0.349 e. The molecule has 1 aliphatic rings. The molecule has 1 saturated carbocycles. The number of hydrogen-bond donors (Lipinski definition) is 3. The predicted molar refractivity (Wildman–Crippen MR) is 103 cm³/mol. The summed E-state index contributed by atoms with van der Waals surface area (Å²) < 4.78 is 0. The number of rotatable bonds is 7. The smallest absolute Gasteiger partial charge is 0.313 e. The van der Waals surface area contributed by atoms with Crippen molar-refractivity contribution in [2.75, 3.05) is 11.9 Å². The molecule has 0 spiro atoms. The normalized spacial score (nSPS) is 12.9. The summed E-state index contributed by atoms with van der Waals surface area (Å²) in [5, 5.41) is 8.02. The van der Waals surface area contributed by atoms with E-state index in [1.165, 1.54) is 5.56 Å². The van der Waals surface area contributed by atoms with E-state index < -0.39 is 11.8 Å². The molecule has 1 fully saturated rings. The maximum atomic E-state index is 12.2. The highest BCUT2D eigenvalue weighted by Gasteiger charge is 2.25. The van der Waals surface area contributed by atoms with Crippen LogP contribution in [-0.2, 0) is 16.0 Å². The molecule has 0 unspecified atom stereocenters. The average Bonchev–Trinajstić information content (AvgIpc) is 3.50. The van der Waals surface area contributed by atoms with Crippen molar-refractivity contribution < 1.29 is 14.4 Å². The molecule has 0 aliphatic heterocycles. The van der Waals surface area contributed by atoms with Crippen LogP contribution in [-0.4, -0.2) is 30.3 Å². The molecule has 0 radical (unpaired) electrons. The summed E-state index contributed by atoms with van der Waals surface area (Å²) in [5.74, 6) is -1.72. The Morgan fingerprint density at radius 2 is 1.59 bits per heavy atom. The summed E-state index contributed by atoms with van der Waals surface area (Å²) in [4.78, 5) is 36.4. The van der Waals surface area contributed by atoms with Gasteiger partial charge in [-0.1, -0.05) is 42.5 Å². The van der Waals surface area contributed by atoms with Crippen molar-refractivity contribution in [3.8, 4) is 0 Å². The number of amides is 3. The molecule has 0 atom stereocenters. The Kier molecular flexibility index (Phi) is 6.20. The van der Waals surface area contributed by atoms with E-state index in [-0.39, 0.29) is 11.9 Å². The minimum Gasteiger partial charge on any atom is -0.349 e. The maximum Gasteiger partial charge on any atom is 0.313 e. The second-order valence-corrected chi connectivity index (χ2v) is 6.59. The van der Waals surface area contributed by atoms with Crippen molar-refractivity contribution >= 4 is 23.4 Å². The number of benzene rings is 2. The first-order chi connectivity index (χ1) is 13.1. The molecular formula is C21H23N3O3. The van der Waals surface area contributed by atoms with Crippen molar-refractivity contribution in [3.05, 3.63) is 65.7 Å². The van der Waals surface area contributed by atoms with Crippen molar-refractivity contribution in [1.29, 1.82) is 0 Å². The molecule has 3 amide bonds. The number of anilines is 1. The van der Waals surface area contributed by atoms with E-state index in [0.717, 1.165) is 25.7 Å². The van der Waals surface area contributed by atoms with Crippen molar-refractivity contribution in [1.82, 2.24) is 10.6 Å². The van der Waals surface area contributed by atoms with E-state index >= 15 is 0 Å². The lowest BCUT2D eigenvalue weighted by atomic mass is 10.1. The molecule has 0 heterocycles. The van der Waals surface area contributed by atoms with Crippen molar-refractivity contribution in [3.63, 3.8) is 0 Å². The minimum absolute atomic E-state index is 0.217. The zero-order valence-corrected chi connectivity index (χ0v) is 15.0. The zero-order valence-electron chi connectivity index (χ0n) is 15.0. The molecule has 0 aromatic heterocycles. The van der Waals surface area contributed by atoms with Gasteiger partial charge in [-0.25, -0.2) is 0 Å². The number of hydrogen-bond acceptors (Lipinski definition) is 3. The monoisotopic (exact) mass is 365 g/mol. The van der Waals surface area contributed by atoms with Gasteiger partial charge in [-0.2, -0.15) is 0 Å². The van der Waals surface area contributed by atoms with Gasteiger partial charge in [0.05, 0.1) is 11.3 Å². The van der Waals surface area contributed by atoms with Crippen LogP contribution in [0.2, 0.25) is 0 Å². The van der Waals surface area contributed by atoms with Crippen LogP contribution in [0, 0.1) is 0 Å². The van der Waals surface area contributed by atoms with Gasteiger partial charge in [0.25, 0.3) is 5.91 Å². The second kappa shape index (κ2) is 8.98. The maximum absolute atomic E-state index is 12.2. The van der Waals surface area contributed by atoms with Crippen LogP contribution >= 0.6 is 0 Å². The summed E-state index contributed by atoms with van der Waals surface area (Å²) in [6.07, 6.45) is 3.52. The number of para-hydroxylation sites is 1. The fourth-order valence-corrected chi connectivity index (χ4v) is 2.68. The number of aryl methyl sites for hydroxylation is 1. The molecule has 140 valence electrons. The van der Waals surface area contributed by atoms with Gasteiger partial charge >= 0.3 is 11.8 Å². The topological polar surface area (TPSA) is 87.3 Å². The van der Waals surface area contributed by atoms with E-state index in [0.29, 0.717) is 17.8 Å². The lowest BCUT2D eigenvalue weighted by molar-refractivity contribution is -0.136. The minimum atomic E-state index is -0.776. The Bertz CT molecular complexity index is 816. The Balaban J connectivity index is 1.48. The van der Waals surface area contributed by atoms with Gasteiger partial charge in [0.2, 0.25) is 0 Å². The Morgan fingerprint density at radius 1 is 0.889 bits per heavy atom. The van der Waals surface area contributed by atoms with Gasteiger partial charge in [-0.05, 0) is 43.4 Å². The molecular weight excluding hydrogens is 342 g/mol. The van der Waals surface area contributed by atoms with Gasteiger partial charge in [0.15, 0.2) is 0 Å². The molecule has 27 heavy (non-hydrogen) atoms. The molecule has 2 aromatic rings. The lowest BCUT2D eigenvalue weighted by Crippen LogP contribution is -2.36. The van der Waals surface area contributed by atoms with Crippen LogP contribution < -0.4 is 16.0 Å². The first kappa shape index (κ1) is 18.6. The molecule has 0 saturated heterocycles. The van der Waals surface area contributed by atoms with Gasteiger partial charge in [-0.3, -0.25) is 14.4 Å². The fourth-order valence-electron chi connectivity index (χ4n) is 2.68. The lowest BCUT2D eigenvalue weighted by Gasteiger charge is -2.11. The SMILES string of the molecule is O=C(NCCCc1ccccc1)C(=O)Nc1ccccc1C(=O)NC1CC1. The molecule has 2 aromatic carbocycles. The third kappa shape index (κ3) is 5.67. The molecule has 3 rings (SSSR count). The van der Waals surface area contributed by atoms with Crippen LogP contribution in [0.25, 0.3) is 0 Å². The van der Waals surface area contributed by atoms with E-state index in [1.54, 1.807) is 24.3 Å². The van der Waals surface area contributed by atoms with Crippen LogP contribution in [0.5, 0.6) is 0 Å². The molecule has 1 aliphatic carbocycles. The Morgan fingerprint density at radius 3 is 2.33 bits per heavy atom. The quantitative estimate of drug-likeness (QED) is 0.520. The highest BCUT2D eigenvalue weighted by Crippen LogP contribution is 2.21. The first-order valence-electron chi connectivity index (χ1n) is 9.16. The van der Waals surface area contributed by atoms with Gasteiger partial charge in [-0.15, -0.1) is 0 Å². The summed E-state index contributed by atoms with van der Waals surface area (Å²) in [7, 11) is 0. The zero-order chi connectivity index (χ0) is 19.1. The molecule has 0 bridgehead atoms. The second-order valence-electron chi connectivity index (χ2n) is 6.59. The number of nitrogens with one attached hydrogen (secondary N) is 3. The van der Waals surface area contributed by atoms with Gasteiger partial charge in [0, 0.05) is 12.6 Å². The van der Waals surface area contributed by atoms with Gasteiger partial charge in [0.1, 0.15) is 0 Å². The van der Waals surface area contributed by atoms with E-state index in [9.17, 15) is 14.4 Å². The highest BCUT2D eigenvalue weighted by atomic mass is 16.2. The molecule has 3 N–H and O–H groups in total. The molecule has 6 nitrogen and oxygen atoms in total. The Hall–Kier alpha value is -3.15. The summed E-state index contributed by atoms with van der Waals surface area (Å²) in [5.41, 5.74) is 1.88. The first-order valence-corrected chi connectivity index (χ1v) is 9.16. The number of carbonyl (C=O) groups is 3. The summed E-state index contributed by atoms with van der Waals surface area (Å²) in [6.45, 7) is 0.408. The van der Waals surface area contributed by atoms with Crippen molar-refractivity contribution in [2.24, 2.45) is 0 Å². The summed E-state index contributed by atoms with van der Waals surface area (Å²) in [6, 6.07) is 16.8. The average molecular weight is 365 g/mol. The van der Waals surface area contributed by atoms with E-state index in [1.807, 2.05) is 30.3 Å². The van der Waals surface area contributed by atoms with E-state index in [4.69, 9.17) is 0 Å². The standard InChI is InChI=1S/C21H23N3O3/c25-19(23-16-12-13-16)17-10-4-5-11-18(17)24-21(27)20(26)22-14-6-9-15-7-2-1-3-8-15/h1-5,7-8,10-11,16H,6,9,12-14H2,(H,22,26)(H,23,25)(H,24,27). The van der Waals surface area contributed by atoms with E-state index in [2.05, 4.69) is 16.0 Å². The molecule has 6 heteroatoms. The third-order valence-corrected chi connectivity index (χ3v) is 4.31. The Labute approximate surface area is 158 Å². The number of carbonyl (C=O) groups excluding carboxylic acids is 3. The van der Waals surface area contributed by atoms with Crippen LogP contribution in [0.4, 0.5) is 5.69 Å². The van der Waals surface area contributed by atoms with Gasteiger partial charge < -0.3 is 16.0 Å². The van der Waals surface area contributed by atoms with Crippen LogP contribution in [0.15, 0.2) is 54.6 Å². The van der Waals surface area contributed by atoms with Crippen LogP contribution in [0.3, 0.4) is 0 Å². The fraction of sp³-hybridized carbons (Fsp3) is 0.286. The van der Waals surface area contributed by atoms with Crippen molar-refractivity contribution in [2.45, 2.75) is 31.7 Å². The summed E-state index contributed by atoms with van der Waals surface area (Å²) >= 11 is 0. The highest BCUT2D eigenvalue weighted by molar-refractivity contribution is 6.40. The third-order valence-electron chi connectivity index (χ3n) is 4.31. The predicted octanol–water partition coefficient (Wildman–Crippen LogP) is 2.27. The van der Waals surface area contributed by atoms with Crippen LogP contribution in [0.1, 0.15) is 35.2 Å².